The van der Waals surface area contributed by atoms with E-state index in [1.165, 1.54) is 6.26 Å². The fraction of sp³-hybridized carbons (Fsp3) is 0.0370. The molecule has 31 heavy (non-hydrogen) atoms. The van der Waals surface area contributed by atoms with Crippen LogP contribution >= 0.6 is 0 Å². The van der Waals surface area contributed by atoms with Crippen LogP contribution in [0.3, 0.4) is 0 Å². The Labute approximate surface area is 183 Å². The van der Waals surface area contributed by atoms with Crippen molar-refractivity contribution >= 4 is 14.7 Å². The molecule has 0 atom stereocenters. The summed E-state index contributed by atoms with van der Waals surface area (Å²) in [5.41, 5.74) is 2.45. The van der Waals surface area contributed by atoms with Crippen molar-refractivity contribution in [2.24, 2.45) is 0 Å². The summed E-state index contributed by atoms with van der Waals surface area (Å²) >= 11 is 0. The third-order valence-corrected chi connectivity index (χ3v) is 6.72. The van der Waals surface area contributed by atoms with E-state index in [0.29, 0.717) is 5.56 Å². The first-order valence-corrected chi connectivity index (χ1v) is 11.5. The Kier molecular flexibility index (Phi) is 6.29. The molecule has 0 aliphatic rings. The summed E-state index contributed by atoms with van der Waals surface area (Å²) in [6.45, 7) is 0. The van der Waals surface area contributed by atoms with Crippen molar-refractivity contribution in [1.29, 1.82) is 0 Å². The van der Waals surface area contributed by atoms with Crippen LogP contribution in [0.5, 0.6) is 0 Å². The molecule has 4 heteroatoms. The molecule has 0 aromatic heterocycles. The predicted molar refractivity (Wildman–Crippen MR) is 124 cm³/mol. The summed E-state index contributed by atoms with van der Waals surface area (Å²) in [5, 5.41) is 0. The Balaban J connectivity index is 1.80. The Morgan fingerprint density at radius 3 is 1.52 bits per heavy atom. The summed E-state index contributed by atoms with van der Waals surface area (Å²) < 4.78 is 33.1. The number of rotatable bonds is 7. The van der Waals surface area contributed by atoms with Crippen molar-refractivity contribution in [2.45, 2.75) is 11.0 Å². The van der Waals surface area contributed by atoms with Crippen molar-refractivity contribution in [3.05, 3.63) is 144 Å². The minimum absolute atomic E-state index is 0.121. The van der Waals surface area contributed by atoms with Crippen LogP contribution in [0.2, 0.25) is 0 Å². The van der Waals surface area contributed by atoms with E-state index in [2.05, 4.69) is 0 Å². The van der Waals surface area contributed by atoms with Gasteiger partial charge in [0.1, 0.15) is 17.3 Å². The lowest BCUT2D eigenvalue weighted by Crippen LogP contribution is -2.08. The van der Waals surface area contributed by atoms with Gasteiger partial charge in [-0.25, -0.2) is 8.42 Å². The fourth-order valence-corrected chi connectivity index (χ4v) is 4.75. The van der Waals surface area contributed by atoms with Gasteiger partial charge >= 0.3 is 0 Å². The Bertz CT molecular complexity index is 1200. The zero-order chi connectivity index (χ0) is 21.5. The van der Waals surface area contributed by atoms with Gasteiger partial charge in [0.15, 0.2) is 0 Å². The highest BCUT2D eigenvalue weighted by Crippen LogP contribution is 2.31. The number of ether oxygens (including phenoxy) is 1. The van der Waals surface area contributed by atoms with Crippen molar-refractivity contribution < 1.29 is 13.2 Å². The van der Waals surface area contributed by atoms with E-state index in [1.807, 2.05) is 78.9 Å². The zero-order valence-electron chi connectivity index (χ0n) is 16.8. The Morgan fingerprint density at radius 1 is 0.613 bits per heavy atom. The maximum atomic E-state index is 13.5. The summed E-state index contributed by atoms with van der Waals surface area (Å²) in [7, 11) is -3.78. The first-order valence-electron chi connectivity index (χ1n) is 9.97. The molecular formula is C27H22O3S. The van der Waals surface area contributed by atoms with Crippen LogP contribution in [0.4, 0.5) is 0 Å². The molecule has 0 bridgehead atoms. The van der Waals surface area contributed by atoms with Gasteiger partial charge in [-0.15, -0.1) is 0 Å². The highest BCUT2D eigenvalue weighted by atomic mass is 32.2. The van der Waals surface area contributed by atoms with Crippen molar-refractivity contribution in [2.75, 3.05) is 0 Å². The highest BCUT2D eigenvalue weighted by Gasteiger charge is 2.24. The van der Waals surface area contributed by atoms with Crippen LogP contribution in [0.1, 0.15) is 22.8 Å². The maximum Gasteiger partial charge on any atom is 0.210 e. The van der Waals surface area contributed by atoms with Crippen LogP contribution in [0.25, 0.3) is 4.91 Å². The van der Waals surface area contributed by atoms with E-state index in [-0.39, 0.29) is 9.80 Å². The predicted octanol–water partition coefficient (Wildman–Crippen LogP) is 6.27. The quantitative estimate of drug-likeness (QED) is 0.327. The van der Waals surface area contributed by atoms with Gasteiger partial charge in [0.2, 0.25) is 9.84 Å². The lowest BCUT2D eigenvalue weighted by Gasteiger charge is -2.19. The Morgan fingerprint density at radius 2 is 1.03 bits per heavy atom. The number of benzene rings is 4. The molecular weight excluding hydrogens is 404 g/mol. The molecule has 0 fully saturated rings. The summed E-state index contributed by atoms with van der Waals surface area (Å²) in [5.74, 6) is 0. The zero-order valence-corrected chi connectivity index (χ0v) is 17.7. The summed E-state index contributed by atoms with van der Waals surface area (Å²) in [6.07, 6.45) is 0.939. The minimum Gasteiger partial charge on any atom is -0.487 e. The second-order valence-corrected chi connectivity index (χ2v) is 8.92. The van der Waals surface area contributed by atoms with E-state index in [1.54, 1.807) is 42.5 Å². The fourth-order valence-electron chi connectivity index (χ4n) is 3.35. The molecule has 0 N–H and O–H groups in total. The van der Waals surface area contributed by atoms with Crippen LogP contribution in [0, 0.1) is 0 Å². The first kappa shape index (κ1) is 20.6. The molecule has 0 saturated heterocycles. The molecule has 0 unspecified atom stereocenters. The molecule has 4 rings (SSSR count). The van der Waals surface area contributed by atoms with E-state index in [0.717, 1.165) is 11.1 Å². The second-order valence-electron chi connectivity index (χ2n) is 7.00. The Hall–Kier alpha value is -3.63. The van der Waals surface area contributed by atoms with Gasteiger partial charge < -0.3 is 4.74 Å². The number of hydrogen-bond donors (Lipinski definition) is 0. The van der Waals surface area contributed by atoms with Gasteiger partial charge in [0.05, 0.1) is 4.90 Å². The monoisotopic (exact) mass is 426 g/mol. The van der Waals surface area contributed by atoms with E-state index in [9.17, 15) is 8.42 Å². The molecule has 0 amide bonds. The maximum absolute atomic E-state index is 13.5. The minimum atomic E-state index is -3.78. The van der Waals surface area contributed by atoms with Gasteiger partial charge in [-0.05, 0) is 28.8 Å². The van der Waals surface area contributed by atoms with Gasteiger partial charge in [-0.1, -0.05) is 109 Å². The molecule has 0 aliphatic carbocycles. The van der Waals surface area contributed by atoms with Gasteiger partial charge in [-0.2, -0.15) is 0 Å². The van der Waals surface area contributed by atoms with Crippen molar-refractivity contribution in [1.82, 2.24) is 0 Å². The average Bonchev–Trinajstić information content (AvgIpc) is 2.84. The first-order chi connectivity index (χ1) is 15.2. The van der Waals surface area contributed by atoms with Crippen LogP contribution < -0.4 is 0 Å². The standard InChI is InChI=1S/C27H22O3S/c28-31(29,25-19-11-4-12-20-25)26(22-13-5-1-6-14-22)21-30-27(23-15-7-2-8-16-23)24-17-9-3-10-18-24/h1-21,27H/b26-21-. The molecule has 0 spiro atoms. The molecule has 0 saturated carbocycles. The second kappa shape index (κ2) is 9.45. The highest BCUT2D eigenvalue weighted by molar-refractivity contribution is 8.00. The number of hydrogen-bond acceptors (Lipinski definition) is 3. The average molecular weight is 427 g/mol. The van der Waals surface area contributed by atoms with Gasteiger partial charge in [0.25, 0.3) is 0 Å². The van der Waals surface area contributed by atoms with Gasteiger partial charge in [-0.3, -0.25) is 0 Å². The molecule has 4 aromatic rings. The normalized spacial score (nSPS) is 12.0. The van der Waals surface area contributed by atoms with E-state index >= 15 is 0 Å². The molecule has 4 aromatic carbocycles. The lowest BCUT2D eigenvalue weighted by atomic mass is 10.0. The molecule has 0 radical (unpaired) electrons. The van der Waals surface area contributed by atoms with E-state index in [4.69, 9.17) is 4.74 Å². The SMILES string of the molecule is O=S(=O)(/C(=C\OC(c1ccccc1)c1ccccc1)c1ccccc1)c1ccccc1. The molecule has 154 valence electrons. The number of sulfone groups is 1. The summed E-state index contributed by atoms with van der Waals surface area (Å²) in [6, 6.07) is 37.0. The topological polar surface area (TPSA) is 43.4 Å². The van der Waals surface area contributed by atoms with Crippen molar-refractivity contribution in [3.8, 4) is 0 Å². The van der Waals surface area contributed by atoms with Crippen LogP contribution in [0.15, 0.2) is 132 Å². The van der Waals surface area contributed by atoms with E-state index < -0.39 is 15.9 Å². The third kappa shape index (κ3) is 4.76. The molecule has 3 nitrogen and oxygen atoms in total. The van der Waals surface area contributed by atoms with Gasteiger partial charge in [0, 0.05) is 0 Å². The lowest BCUT2D eigenvalue weighted by molar-refractivity contribution is 0.184. The molecule has 0 heterocycles. The van der Waals surface area contributed by atoms with Crippen LogP contribution in [-0.4, -0.2) is 8.42 Å². The largest absolute Gasteiger partial charge is 0.487 e. The van der Waals surface area contributed by atoms with Crippen molar-refractivity contribution in [3.63, 3.8) is 0 Å². The molecule has 0 aliphatic heterocycles. The summed E-state index contributed by atoms with van der Waals surface area (Å²) in [4.78, 5) is 0.348. The smallest absolute Gasteiger partial charge is 0.210 e. The van der Waals surface area contributed by atoms with Crippen LogP contribution in [-0.2, 0) is 14.6 Å². The third-order valence-electron chi connectivity index (χ3n) is 4.92.